The van der Waals surface area contributed by atoms with Crippen molar-refractivity contribution in [3.05, 3.63) is 77.4 Å². The van der Waals surface area contributed by atoms with Crippen molar-refractivity contribution in [2.24, 2.45) is 0 Å². The van der Waals surface area contributed by atoms with Gasteiger partial charge in [-0.25, -0.2) is 0 Å². The van der Waals surface area contributed by atoms with E-state index < -0.39 is 0 Å². The molecule has 0 unspecified atom stereocenters. The number of benzene rings is 3. The third-order valence-electron chi connectivity index (χ3n) is 4.79. The van der Waals surface area contributed by atoms with Gasteiger partial charge in [0, 0.05) is 5.56 Å². The maximum absolute atomic E-state index is 10.6. The molecule has 4 rings (SSSR count). The Bertz CT molecular complexity index is 890. The molecule has 3 aromatic carbocycles. The Balaban J connectivity index is 1.82. The van der Waals surface area contributed by atoms with E-state index in [1.54, 1.807) is 0 Å². The van der Waals surface area contributed by atoms with Crippen molar-refractivity contribution in [2.45, 2.75) is 26.2 Å². The molecule has 0 atom stereocenters. The lowest BCUT2D eigenvalue weighted by Gasteiger charge is -2.13. The predicted octanol–water partition coefficient (Wildman–Crippen LogP) is 5.75. The van der Waals surface area contributed by atoms with Crippen molar-refractivity contribution in [3.63, 3.8) is 0 Å². The quantitative estimate of drug-likeness (QED) is 0.499. The van der Waals surface area contributed by atoms with Crippen LogP contribution in [0.1, 0.15) is 36.5 Å². The van der Waals surface area contributed by atoms with E-state index in [1.807, 2.05) is 18.2 Å². The summed E-state index contributed by atoms with van der Waals surface area (Å²) < 4.78 is 0. The number of phenols is 1. The first kappa shape index (κ1) is 14.1. The predicted molar refractivity (Wildman–Crippen MR) is 95.9 cm³/mol. The van der Waals surface area contributed by atoms with E-state index in [0.29, 0.717) is 11.7 Å². The van der Waals surface area contributed by atoms with Gasteiger partial charge in [0.05, 0.1) is 0 Å². The highest BCUT2D eigenvalue weighted by molar-refractivity contribution is 5.81. The molecule has 0 saturated heterocycles. The highest BCUT2D eigenvalue weighted by Gasteiger charge is 2.19. The Morgan fingerprint density at radius 2 is 1.52 bits per heavy atom. The Morgan fingerprint density at radius 1 is 0.783 bits per heavy atom. The molecule has 0 aliphatic heterocycles. The summed E-state index contributed by atoms with van der Waals surface area (Å²) in [6.07, 6.45) is 0.976. The zero-order chi connectivity index (χ0) is 16.0. The normalized spacial score (nSPS) is 12.3. The Labute approximate surface area is 137 Å². The van der Waals surface area contributed by atoms with Crippen LogP contribution < -0.4 is 0 Å². The second kappa shape index (κ2) is 5.27. The molecule has 1 aliphatic carbocycles. The summed E-state index contributed by atoms with van der Waals surface area (Å²) in [6.45, 7) is 4.22. The van der Waals surface area contributed by atoms with E-state index in [1.165, 1.54) is 22.3 Å². The molecular formula is C22H20O. The minimum absolute atomic E-state index is 0.314. The summed E-state index contributed by atoms with van der Waals surface area (Å²) >= 11 is 0. The first-order valence-electron chi connectivity index (χ1n) is 8.18. The molecule has 0 bridgehead atoms. The van der Waals surface area contributed by atoms with Crippen LogP contribution in [0.2, 0.25) is 0 Å². The van der Waals surface area contributed by atoms with Crippen molar-refractivity contribution in [3.8, 4) is 28.0 Å². The van der Waals surface area contributed by atoms with Gasteiger partial charge in [-0.1, -0.05) is 74.5 Å². The Hall–Kier alpha value is -2.54. The Kier molecular flexibility index (Phi) is 3.23. The van der Waals surface area contributed by atoms with E-state index in [2.05, 4.69) is 56.3 Å². The zero-order valence-corrected chi connectivity index (χ0v) is 13.5. The van der Waals surface area contributed by atoms with Crippen LogP contribution in [0.3, 0.4) is 0 Å². The molecule has 3 aromatic rings. The van der Waals surface area contributed by atoms with Crippen molar-refractivity contribution in [1.29, 1.82) is 0 Å². The average Bonchev–Trinajstić information content (AvgIpc) is 2.92. The third-order valence-corrected chi connectivity index (χ3v) is 4.79. The summed E-state index contributed by atoms with van der Waals surface area (Å²) in [4.78, 5) is 0. The van der Waals surface area contributed by atoms with E-state index in [0.717, 1.165) is 23.1 Å². The molecule has 0 amide bonds. The number of aromatic hydroxyl groups is 1. The number of hydrogen-bond acceptors (Lipinski definition) is 1. The molecule has 0 radical (unpaired) electrons. The van der Waals surface area contributed by atoms with Gasteiger partial charge in [-0.2, -0.15) is 0 Å². The summed E-state index contributed by atoms with van der Waals surface area (Å²) in [5.74, 6) is 0.728. The summed E-state index contributed by atoms with van der Waals surface area (Å²) in [7, 11) is 0. The van der Waals surface area contributed by atoms with Crippen LogP contribution in [0.25, 0.3) is 22.3 Å². The van der Waals surface area contributed by atoms with Crippen LogP contribution in [0.5, 0.6) is 5.75 Å². The topological polar surface area (TPSA) is 20.2 Å². The van der Waals surface area contributed by atoms with E-state index in [-0.39, 0.29) is 0 Å². The fraction of sp³-hybridized carbons (Fsp3) is 0.182. The fourth-order valence-electron chi connectivity index (χ4n) is 3.57. The highest BCUT2D eigenvalue weighted by Crippen LogP contribution is 2.41. The molecule has 114 valence electrons. The number of fused-ring (bicyclic) bond motifs is 3. The van der Waals surface area contributed by atoms with Crippen molar-refractivity contribution in [2.75, 3.05) is 0 Å². The monoisotopic (exact) mass is 300 g/mol. The lowest BCUT2D eigenvalue weighted by molar-refractivity contribution is 0.467. The molecular weight excluding hydrogens is 280 g/mol. The van der Waals surface area contributed by atoms with Gasteiger partial charge in [-0.05, 0) is 45.7 Å². The van der Waals surface area contributed by atoms with Crippen LogP contribution in [-0.2, 0) is 6.42 Å². The third kappa shape index (κ3) is 2.24. The van der Waals surface area contributed by atoms with E-state index in [9.17, 15) is 5.11 Å². The molecule has 1 heteroatoms. The van der Waals surface area contributed by atoms with Crippen LogP contribution in [0.4, 0.5) is 0 Å². The summed E-state index contributed by atoms with van der Waals surface area (Å²) in [5.41, 5.74) is 8.42. The van der Waals surface area contributed by atoms with Gasteiger partial charge in [-0.15, -0.1) is 0 Å². The van der Waals surface area contributed by atoms with Gasteiger partial charge in [0.25, 0.3) is 0 Å². The molecule has 0 spiro atoms. The molecule has 0 fully saturated rings. The fourth-order valence-corrected chi connectivity index (χ4v) is 3.57. The zero-order valence-electron chi connectivity index (χ0n) is 13.5. The highest BCUT2D eigenvalue weighted by atomic mass is 16.3. The van der Waals surface area contributed by atoms with Crippen LogP contribution >= 0.6 is 0 Å². The second-order valence-electron chi connectivity index (χ2n) is 6.60. The number of para-hydroxylation sites is 1. The molecule has 1 nitrogen and oxygen atoms in total. The van der Waals surface area contributed by atoms with Gasteiger partial charge in [-0.3, -0.25) is 0 Å². The number of hydrogen-bond donors (Lipinski definition) is 1. The average molecular weight is 300 g/mol. The molecule has 0 saturated carbocycles. The summed E-state index contributed by atoms with van der Waals surface area (Å²) in [6, 6.07) is 21.2. The minimum Gasteiger partial charge on any atom is -0.507 e. The molecule has 0 heterocycles. The van der Waals surface area contributed by atoms with Gasteiger partial charge >= 0.3 is 0 Å². The SMILES string of the molecule is CC(C)c1cccc(-c2ccc3c(c2)Cc2ccccc2-3)c1O. The van der Waals surface area contributed by atoms with Gasteiger partial charge < -0.3 is 5.11 Å². The minimum atomic E-state index is 0.314. The lowest BCUT2D eigenvalue weighted by atomic mass is 9.94. The van der Waals surface area contributed by atoms with E-state index >= 15 is 0 Å². The molecule has 1 N–H and O–H groups in total. The van der Waals surface area contributed by atoms with Crippen molar-refractivity contribution in [1.82, 2.24) is 0 Å². The van der Waals surface area contributed by atoms with Crippen LogP contribution in [-0.4, -0.2) is 5.11 Å². The second-order valence-corrected chi connectivity index (χ2v) is 6.60. The van der Waals surface area contributed by atoms with Gasteiger partial charge in [0.2, 0.25) is 0 Å². The molecule has 1 aliphatic rings. The van der Waals surface area contributed by atoms with Crippen LogP contribution in [0.15, 0.2) is 60.7 Å². The first-order chi connectivity index (χ1) is 11.1. The van der Waals surface area contributed by atoms with Crippen LogP contribution in [0, 0.1) is 0 Å². The van der Waals surface area contributed by atoms with Gasteiger partial charge in [0.15, 0.2) is 0 Å². The van der Waals surface area contributed by atoms with Crippen molar-refractivity contribution < 1.29 is 5.11 Å². The maximum Gasteiger partial charge on any atom is 0.126 e. The Morgan fingerprint density at radius 3 is 2.35 bits per heavy atom. The maximum atomic E-state index is 10.6. The number of rotatable bonds is 2. The van der Waals surface area contributed by atoms with E-state index in [4.69, 9.17) is 0 Å². The van der Waals surface area contributed by atoms with Gasteiger partial charge in [0.1, 0.15) is 5.75 Å². The standard InChI is InChI=1S/C22H20O/c1-14(2)18-8-5-9-21(22(18)23)16-10-11-20-17(13-16)12-15-6-3-4-7-19(15)20/h3-11,13-14,23H,12H2,1-2H3. The largest absolute Gasteiger partial charge is 0.507 e. The lowest BCUT2D eigenvalue weighted by Crippen LogP contribution is -1.91. The number of phenolic OH excluding ortho intramolecular Hbond substituents is 1. The first-order valence-corrected chi connectivity index (χ1v) is 8.18. The van der Waals surface area contributed by atoms with Crippen molar-refractivity contribution >= 4 is 0 Å². The smallest absolute Gasteiger partial charge is 0.126 e. The molecule has 23 heavy (non-hydrogen) atoms. The summed E-state index contributed by atoms with van der Waals surface area (Å²) in [5, 5.41) is 10.6. The molecule has 0 aromatic heterocycles.